The molecule has 29 heavy (non-hydrogen) atoms. The van der Waals surface area contributed by atoms with Crippen LogP contribution in [0.4, 0.5) is 39.5 Å². The van der Waals surface area contributed by atoms with Gasteiger partial charge in [0.1, 0.15) is 5.75 Å². The molecule has 0 bridgehead atoms. The number of fused-ring (bicyclic) bond motifs is 1. The van der Waals surface area contributed by atoms with Crippen molar-refractivity contribution in [2.24, 2.45) is 0 Å². The standard InChI is InChI=1S/C17H11F9O3/c18-14(19,15(20,21)16(22,23)17(24,25)26)6-7-29-13(28)10-4-5-11-9(8-10)2-1-3-12(11)27/h1-5,8,27H,6-7H2. The zero-order valence-electron chi connectivity index (χ0n) is 14.0. The van der Waals surface area contributed by atoms with Gasteiger partial charge in [0.15, 0.2) is 0 Å². The van der Waals surface area contributed by atoms with Crippen molar-refractivity contribution in [1.29, 1.82) is 0 Å². The van der Waals surface area contributed by atoms with Gasteiger partial charge < -0.3 is 9.84 Å². The van der Waals surface area contributed by atoms with Crippen LogP contribution in [-0.4, -0.2) is 41.6 Å². The molecule has 2 aromatic carbocycles. The predicted molar refractivity (Wildman–Crippen MR) is 81.4 cm³/mol. The Morgan fingerprint density at radius 3 is 2.10 bits per heavy atom. The molecule has 0 unspecified atom stereocenters. The van der Waals surface area contributed by atoms with Crippen LogP contribution in [-0.2, 0) is 4.74 Å². The second kappa shape index (κ2) is 7.30. The summed E-state index contributed by atoms with van der Waals surface area (Å²) in [5.41, 5.74) is -0.251. The highest BCUT2D eigenvalue weighted by molar-refractivity contribution is 5.97. The summed E-state index contributed by atoms with van der Waals surface area (Å²) in [6.07, 6.45) is -9.18. The Balaban J connectivity index is 2.09. The fourth-order valence-corrected chi connectivity index (χ4v) is 2.31. The van der Waals surface area contributed by atoms with E-state index in [0.717, 1.165) is 6.07 Å². The van der Waals surface area contributed by atoms with Crippen LogP contribution >= 0.6 is 0 Å². The first kappa shape index (κ1) is 22.6. The lowest BCUT2D eigenvalue weighted by Crippen LogP contribution is -2.61. The van der Waals surface area contributed by atoms with Crippen LogP contribution in [0.25, 0.3) is 10.8 Å². The number of carbonyl (C=O) groups excluding carboxylic acids is 1. The van der Waals surface area contributed by atoms with E-state index in [9.17, 15) is 49.4 Å². The van der Waals surface area contributed by atoms with Crippen LogP contribution in [0.3, 0.4) is 0 Å². The Kier molecular flexibility index (Phi) is 5.70. The quantitative estimate of drug-likeness (QED) is 0.479. The molecule has 1 N–H and O–H groups in total. The number of esters is 1. The predicted octanol–water partition coefficient (Wildman–Crippen LogP) is 5.56. The van der Waals surface area contributed by atoms with Crippen molar-refractivity contribution in [2.75, 3.05) is 6.61 Å². The molecule has 0 radical (unpaired) electrons. The summed E-state index contributed by atoms with van der Waals surface area (Å²) in [6.45, 7) is -1.55. The third kappa shape index (κ3) is 4.06. The maximum atomic E-state index is 13.4. The van der Waals surface area contributed by atoms with Crippen molar-refractivity contribution in [3.05, 3.63) is 42.0 Å². The topological polar surface area (TPSA) is 46.5 Å². The molecule has 160 valence electrons. The molecule has 0 saturated heterocycles. The van der Waals surface area contributed by atoms with Crippen molar-refractivity contribution < 1.29 is 54.2 Å². The summed E-state index contributed by atoms with van der Waals surface area (Å²) >= 11 is 0. The van der Waals surface area contributed by atoms with Gasteiger partial charge in [-0.2, -0.15) is 39.5 Å². The van der Waals surface area contributed by atoms with Crippen molar-refractivity contribution in [3.8, 4) is 5.75 Å². The molecular formula is C17H11F9O3. The number of halogens is 9. The smallest absolute Gasteiger partial charge is 0.460 e. The molecule has 2 aromatic rings. The highest BCUT2D eigenvalue weighted by Crippen LogP contribution is 2.53. The van der Waals surface area contributed by atoms with E-state index in [0.29, 0.717) is 10.8 Å². The second-order valence-corrected chi connectivity index (χ2v) is 5.95. The molecule has 12 heteroatoms. The minimum absolute atomic E-state index is 0.130. The Morgan fingerprint density at radius 1 is 0.897 bits per heavy atom. The van der Waals surface area contributed by atoms with Gasteiger partial charge in [-0.25, -0.2) is 4.79 Å². The Hall–Kier alpha value is -2.66. The van der Waals surface area contributed by atoms with E-state index in [1.54, 1.807) is 0 Å². The fourth-order valence-electron chi connectivity index (χ4n) is 2.31. The lowest BCUT2D eigenvalue weighted by molar-refractivity contribution is -0.397. The van der Waals surface area contributed by atoms with Crippen molar-refractivity contribution in [2.45, 2.75) is 30.4 Å². The Morgan fingerprint density at radius 2 is 1.52 bits per heavy atom. The first-order chi connectivity index (χ1) is 13.1. The van der Waals surface area contributed by atoms with Gasteiger partial charge in [-0.05, 0) is 29.7 Å². The summed E-state index contributed by atoms with van der Waals surface area (Å²) in [5, 5.41) is 10.3. The van der Waals surface area contributed by atoms with E-state index in [4.69, 9.17) is 0 Å². The second-order valence-electron chi connectivity index (χ2n) is 5.95. The molecular weight excluding hydrogens is 423 g/mol. The molecule has 0 fully saturated rings. The van der Waals surface area contributed by atoms with Crippen molar-refractivity contribution >= 4 is 16.7 Å². The van der Waals surface area contributed by atoms with E-state index in [1.807, 2.05) is 0 Å². The van der Waals surface area contributed by atoms with Gasteiger partial charge in [0.25, 0.3) is 0 Å². The summed E-state index contributed by atoms with van der Waals surface area (Å²) in [7, 11) is 0. The van der Waals surface area contributed by atoms with Gasteiger partial charge in [-0.15, -0.1) is 0 Å². The van der Waals surface area contributed by atoms with Gasteiger partial charge in [0.05, 0.1) is 18.6 Å². The average Bonchev–Trinajstić information content (AvgIpc) is 2.60. The number of alkyl halides is 9. The number of phenolic OH excluding ortho intramolecular Hbond substituents is 1. The highest BCUT2D eigenvalue weighted by atomic mass is 19.4. The van der Waals surface area contributed by atoms with E-state index in [1.165, 1.54) is 30.3 Å². The molecule has 0 aliphatic rings. The van der Waals surface area contributed by atoms with E-state index in [2.05, 4.69) is 4.74 Å². The minimum atomic E-state index is -6.99. The first-order valence-corrected chi connectivity index (χ1v) is 7.71. The van der Waals surface area contributed by atoms with Gasteiger partial charge in [0.2, 0.25) is 0 Å². The Bertz CT molecular complexity index is 907. The molecule has 0 spiro atoms. The molecule has 0 heterocycles. The third-order valence-electron chi connectivity index (χ3n) is 3.95. The number of hydrogen-bond acceptors (Lipinski definition) is 3. The first-order valence-electron chi connectivity index (χ1n) is 7.71. The number of aromatic hydroxyl groups is 1. The molecule has 0 aliphatic carbocycles. The fraction of sp³-hybridized carbons (Fsp3) is 0.353. The third-order valence-corrected chi connectivity index (χ3v) is 3.95. The maximum absolute atomic E-state index is 13.4. The number of hydrogen-bond donors (Lipinski definition) is 1. The highest BCUT2D eigenvalue weighted by Gasteiger charge is 2.81. The normalized spacial score (nSPS) is 13.6. The molecule has 0 aromatic heterocycles. The monoisotopic (exact) mass is 434 g/mol. The summed E-state index contributed by atoms with van der Waals surface area (Å²) in [6, 6.07) is 7.79. The van der Waals surface area contributed by atoms with Gasteiger partial charge >= 0.3 is 29.9 Å². The van der Waals surface area contributed by atoms with Gasteiger partial charge in [-0.1, -0.05) is 12.1 Å². The summed E-state index contributed by atoms with van der Waals surface area (Å²) in [4.78, 5) is 11.8. The lowest BCUT2D eigenvalue weighted by Gasteiger charge is -2.33. The van der Waals surface area contributed by atoms with E-state index >= 15 is 0 Å². The van der Waals surface area contributed by atoms with Crippen molar-refractivity contribution in [3.63, 3.8) is 0 Å². The lowest BCUT2D eigenvalue weighted by atomic mass is 10.0. The van der Waals surface area contributed by atoms with Crippen LogP contribution in [0, 0.1) is 0 Å². The van der Waals surface area contributed by atoms with Crippen LogP contribution in [0.2, 0.25) is 0 Å². The van der Waals surface area contributed by atoms with Gasteiger partial charge in [-0.3, -0.25) is 0 Å². The summed E-state index contributed by atoms with van der Waals surface area (Å²) in [5.74, 6) is -21.0. The van der Waals surface area contributed by atoms with Crippen molar-refractivity contribution in [1.82, 2.24) is 0 Å². The Labute approximate surface area is 156 Å². The number of benzene rings is 2. The minimum Gasteiger partial charge on any atom is -0.507 e. The molecule has 0 amide bonds. The molecule has 0 saturated carbocycles. The number of ether oxygens (including phenoxy) is 1. The van der Waals surface area contributed by atoms with Crippen LogP contribution < -0.4 is 0 Å². The molecule has 0 atom stereocenters. The average molecular weight is 434 g/mol. The van der Waals surface area contributed by atoms with Gasteiger partial charge in [0, 0.05) is 5.39 Å². The maximum Gasteiger partial charge on any atom is 0.460 e. The number of carbonyl (C=O) groups is 1. The zero-order chi connectivity index (χ0) is 22.3. The molecule has 2 rings (SSSR count). The summed E-state index contributed by atoms with van der Waals surface area (Å²) < 4.78 is 119. The van der Waals surface area contributed by atoms with Crippen LogP contribution in [0.15, 0.2) is 36.4 Å². The van der Waals surface area contributed by atoms with E-state index in [-0.39, 0.29) is 11.3 Å². The molecule has 3 nitrogen and oxygen atoms in total. The molecule has 0 aliphatic heterocycles. The zero-order valence-corrected chi connectivity index (χ0v) is 14.0. The largest absolute Gasteiger partial charge is 0.507 e. The van der Waals surface area contributed by atoms with Crippen LogP contribution in [0.1, 0.15) is 16.8 Å². The number of phenols is 1. The van der Waals surface area contributed by atoms with Crippen LogP contribution in [0.5, 0.6) is 5.75 Å². The SMILES string of the molecule is O=C(OCCC(F)(F)C(F)(F)C(F)(F)C(F)(F)F)c1ccc2c(O)cccc2c1. The number of rotatable bonds is 6. The van der Waals surface area contributed by atoms with E-state index < -0.39 is 42.9 Å².